The Morgan fingerprint density at radius 3 is 2.35 bits per heavy atom. The van der Waals surface area contributed by atoms with E-state index in [9.17, 15) is 9.59 Å². The van der Waals surface area contributed by atoms with Crippen LogP contribution in [0.1, 0.15) is 12.0 Å². The molecule has 2 heterocycles. The van der Waals surface area contributed by atoms with Gasteiger partial charge in [0.15, 0.2) is 0 Å². The molecule has 0 atom stereocenters. The van der Waals surface area contributed by atoms with Gasteiger partial charge in [-0.1, -0.05) is 30.3 Å². The van der Waals surface area contributed by atoms with Crippen molar-refractivity contribution in [1.82, 2.24) is 15.2 Å². The zero-order valence-corrected chi connectivity index (χ0v) is 14.8. The number of rotatable bonds is 6. The van der Waals surface area contributed by atoms with Gasteiger partial charge >= 0.3 is 0 Å². The molecule has 0 aliphatic carbocycles. The first-order valence-electron chi connectivity index (χ1n) is 8.96. The summed E-state index contributed by atoms with van der Waals surface area (Å²) in [7, 11) is 0. The van der Waals surface area contributed by atoms with Crippen LogP contribution in [0.5, 0.6) is 0 Å². The van der Waals surface area contributed by atoms with E-state index in [0.717, 1.165) is 24.3 Å². The minimum atomic E-state index is -0.0495. The van der Waals surface area contributed by atoms with Gasteiger partial charge in [0.2, 0.25) is 11.8 Å². The molecule has 1 aromatic heterocycles. The van der Waals surface area contributed by atoms with Crippen molar-refractivity contribution in [3.05, 3.63) is 60.4 Å². The molecule has 1 aromatic carbocycles. The van der Waals surface area contributed by atoms with Crippen LogP contribution in [0.4, 0.5) is 5.69 Å². The lowest BCUT2D eigenvalue weighted by Gasteiger charge is -2.36. The summed E-state index contributed by atoms with van der Waals surface area (Å²) in [5.74, 6) is 0.0471. The zero-order chi connectivity index (χ0) is 18.2. The third kappa shape index (κ3) is 5.05. The number of carbonyl (C=O) groups is 2. The summed E-state index contributed by atoms with van der Waals surface area (Å²) in [6.07, 6.45) is 4.26. The van der Waals surface area contributed by atoms with Gasteiger partial charge in [-0.15, -0.1) is 0 Å². The fourth-order valence-corrected chi connectivity index (χ4v) is 3.08. The Morgan fingerprint density at radius 2 is 1.65 bits per heavy atom. The third-order valence-electron chi connectivity index (χ3n) is 4.53. The van der Waals surface area contributed by atoms with Crippen LogP contribution < -0.4 is 10.2 Å². The lowest BCUT2D eigenvalue weighted by molar-refractivity contribution is -0.131. The second kappa shape index (κ2) is 8.99. The summed E-state index contributed by atoms with van der Waals surface area (Å²) in [5, 5.41) is 2.83. The molecular formula is C20H24N4O2. The summed E-state index contributed by atoms with van der Waals surface area (Å²) < 4.78 is 0. The fraction of sp³-hybridized carbons (Fsp3) is 0.350. The normalized spacial score (nSPS) is 14.2. The third-order valence-corrected chi connectivity index (χ3v) is 4.53. The molecule has 2 amide bonds. The van der Waals surface area contributed by atoms with Crippen molar-refractivity contribution >= 4 is 17.5 Å². The Kier molecular flexibility index (Phi) is 6.19. The quantitative estimate of drug-likeness (QED) is 0.855. The number of nitrogens with one attached hydrogen (secondary N) is 1. The van der Waals surface area contributed by atoms with Gasteiger partial charge in [-0.25, -0.2) is 0 Å². The van der Waals surface area contributed by atoms with E-state index < -0.39 is 0 Å². The molecule has 0 spiro atoms. The summed E-state index contributed by atoms with van der Waals surface area (Å²) in [4.78, 5) is 32.4. The van der Waals surface area contributed by atoms with E-state index in [1.807, 2.05) is 47.4 Å². The first-order valence-corrected chi connectivity index (χ1v) is 8.96. The Bertz CT molecular complexity index is 713. The fourth-order valence-electron chi connectivity index (χ4n) is 3.08. The maximum atomic E-state index is 12.3. The topological polar surface area (TPSA) is 65.5 Å². The maximum Gasteiger partial charge on any atom is 0.224 e. The number of nitrogens with zero attached hydrogens (tertiary/aromatic N) is 3. The largest absolute Gasteiger partial charge is 0.368 e. The van der Waals surface area contributed by atoms with Crippen LogP contribution in [-0.2, 0) is 16.0 Å². The van der Waals surface area contributed by atoms with E-state index in [1.54, 1.807) is 12.4 Å². The molecule has 1 saturated heterocycles. The number of hydrogen-bond acceptors (Lipinski definition) is 4. The van der Waals surface area contributed by atoms with Crippen LogP contribution >= 0.6 is 0 Å². The summed E-state index contributed by atoms with van der Waals surface area (Å²) >= 11 is 0. The number of carbonyl (C=O) groups excluding carboxylic acids is 2. The first-order chi connectivity index (χ1) is 12.7. The number of hydrogen-bond donors (Lipinski definition) is 1. The molecule has 0 saturated carbocycles. The van der Waals surface area contributed by atoms with Crippen molar-refractivity contribution in [2.24, 2.45) is 0 Å². The van der Waals surface area contributed by atoms with Crippen molar-refractivity contribution in [3.8, 4) is 0 Å². The smallest absolute Gasteiger partial charge is 0.224 e. The molecule has 2 aromatic rings. The summed E-state index contributed by atoms with van der Waals surface area (Å²) in [5.41, 5.74) is 2.11. The zero-order valence-electron chi connectivity index (χ0n) is 14.8. The van der Waals surface area contributed by atoms with E-state index in [4.69, 9.17) is 0 Å². The minimum Gasteiger partial charge on any atom is -0.368 e. The molecule has 1 aliphatic heterocycles. The molecule has 0 bridgehead atoms. The average molecular weight is 352 g/mol. The van der Waals surface area contributed by atoms with Crippen molar-refractivity contribution in [1.29, 1.82) is 0 Å². The van der Waals surface area contributed by atoms with Crippen molar-refractivity contribution in [2.75, 3.05) is 37.6 Å². The molecule has 1 aliphatic rings. The molecule has 0 unspecified atom stereocenters. The average Bonchev–Trinajstić information content (AvgIpc) is 2.69. The van der Waals surface area contributed by atoms with E-state index in [1.165, 1.54) is 0 Å². The SMILES string of the molecule is O=C(Cc1ccccc1)NCCC(=O)N1CCN(c2ccncc2)CC1. The van der Waals surface area contributed by atoms with Gasteiger partial charge in [-0.2, -0.15) is 0 Å². The van der Waals surface area contributed by atoms with E-state index in [2.05, 4.69) is 15.2 Å². The van der Waals surface area contributed by atoms with Crippen LogP contribution in [0.2, 0.25) is 0 Å². The Morgan fingerprint density at radius 1 is 0.962 bits per heavy atom. The predicted octanol–water partition coefficient (Wildman–Crippen LogP) is 1.48. The summed E-state index contributed by atoms with van der Waals surface area (Å²) in [6.45, 7) is 3.43. The Hall–Kier alpha value is -2.89. The number of piperazine rings is 1. The Balaban J connectivity index is 1.36. The minimum absolute atomic E-state index is 0.0495. The summed E-state index contributed by atoms with van der Waals surface area (Å²) in [6, 6.07) is 13.6. The molecule has 26 heavy (non-hydrogen) atoms. The van der Waals surface area contributed by atoms with Crippen LogP contribution in [0.3, 0.4) is 0 Å². The number of anilines is 1. The second-order valence-corrected chi connectivity index (χ2v) is 6.34. The molecule has 1 N–H and O–H groups in total. The van der Waals surface area contributed by atoms with Gasteiger partial charge in [-0.05, 0) is 17.7 Å². The lowest BCUT2D eigenvalue weighted by Crippen LogP contribution is -2.49. The molecule has 6 heteroatoms. The van der Waals surface area contributed by atoms with Gasteiger partial charge in [-0.3, -0.25) is 14.6 Å². The molecule has 6 nitrogen and oxygen atoms in total. The van der Waals surface area contributed by atoms with Gasteiger partial charge in [0, 0.05) is 57.2 Å². The second-order valence-electron chi connectivity index (χ2n) is 6.34. The first kappa shape index (κ1) is 17.9. The highest BCUT2D eigenvalue weighted by atomic mass is 16.2. The number of amides is 2. The lowest BCUT2D eigenvalue weighted by atomic mass is 10.1. The number of pyridine rings is 1. The van der Waals surface area contributed by atoms with Gasteiger partial charge in [0.05, 0.1) is 6.42 Å². The molecule has 136 valence electrons. The predicted molar refractivity (Wildman–Crippen MR) is 101 cm³/mol. The molecular weight excluding hydrogens is 328 g/mol. The van der Waals surface area contributed by atoms with Crippen LogP contribution in [-0.4, -0.2) is 54.4 Å². The number of benzene rings is 1. The maximum absolute atomic E-state index is 12.3. The van der Waals surface area contributed by atoms with Gasteiger partial charge in [0.1, 0.15) is 0 Å². The van der Waals surface area contributed by atoms with Crippen LogP contribution in [0.15, 0.2) is 54.9 Å². The van der Waals surface area contributed by atoms with E-state index in [-0.39, 0.29) is 11.8 Å². The van der Waals surface area contributed by atoms with E-state index in [0.29, 0.717) is 32.5 Å². The van der Waals surface area contributed by atoms with Crippen molar-refractivity contribution in [3.63, 3.8) is 0 Å². The highest BCUT2D eigenvalue weighted by Gasteiger charge is 2.21. The van der Waals surface area contributed by atoms with E-state index >= 15 is 0 Å². The molecule has 0 radical (unpaired) electrons. The monoisotopic (exact) mass is 352 g/mol. The standard InChI is InChI=1S/C20H24N4O2/c25-19(16-17-4-2-1-3-5-17)22-11-8-20(26)24-14-12-23(13-15-24)18-6-9-21-10-7-18/h1-7,9-10H,8,11-16H2,(H,22,25). The molecule has 3 rings (SSSR count). The van der Waals surface area contributed by atoms with Gasteiger partial charge in [0.25, 0.3) is 0 Å². The Labute approximate surface area is 153 Å². The highest BCUT2D eigenvalue weighted by Crippen LogP contribution is 2.15. The highest BCUT2D eigenvalue weighted by molar-refractivity contribution is 5.80. The molecule has 1 fully saturated rings. The van der Waals surface area contributed by atoms with Crippen molar-refractivity contribution < 1.29 is 9.59 Å². The van der Waals surface area contributed by atoms with Gasteiger partial charge < -0.3 is 15.1 Å². The van der Waals surface area contributed by atoms with Crippen LogP contribution in [0.25, 0.3) is 0 Å². The van der Waals surface area contributed by atoms with Crippen LogP contribution in [0, 0.1) is 0 Å². The number of aromatic nitrogens is 1. The van der Waals surface area contributed by atoms with Crippen molar-refractivity contribution in [2.45, 2.75) is 12.8 Å².